The number of para-hydroxylation sites is 4. The lowest BCUT2D eigenvalue weighted by atomic mass is 10.1. The molecule has 0 unspecified atom stereocenters. The van der Waals surface area contributed by atoms with E-state index >= 15 is 0 Å². The lowest BCUT2D eigenvalue weighted by Crippen LogP contribution is -2.51. The molecule has 0 saturated heterocycles. The van der Waals surface area contributed by atoms with Crippen molar-refractivity contribution in [2.24, 2.45) is 0 Å². The molecule has 0 aliphatic carbocycles. The predicted molar refractivity (Wildman–Crippen MR) is 198 cm³/mol. The Kier molecular flexibility index (Phi) is 5.41. The number of nitrogens with zero attached hydrogens (tertiary/aromatic N) is 4. The minimum atomic E-state index is -2.13. The minimum absolute atomic E-state index is 0.771. The van der Waals surface area contributed by atoms with Gasteiger partial charge in [-0.25, -0.2) is 9.97 Å². The Morgan fingerprint density at radius 2 is 1.04 bits per heavy atom. The molecule has 10 rings (SSSR count). The second-order valence-electron chi connectivity index (χ2n) is 13.1. The third-order valence-corrected chi connectivity index (χ3v) is 13.4. The zero-order chi connectivity index (χ0) is 31.3. The van der Waals surface area contributed by atoms with Crippen molar-refractivity contribution in [1.29, 1.82) is 0 Å². The first kappa shape index (κ1) is 26.4. The summed E-state index contributed by atoms with van der Waals surface area (Å²) in [5.74, 6) is 1.73. The van der Waals surface area contributed by atoms with E-state index in [-0.39, 0.29) is 0 Å². The van der Waals surface area contributed by atoms with Crippen LogP contribution in [0.2, 0.25) is 13.1 Å². The molecule has 0 atom stereocenters. The molecule has 0 radical (unpaired) electrons. The molecular formula is C42H30N4Si. The maximum Gasteiger partial charge on any atom is 0.161 e. The van der Waals surface area contributed by atoms with E-state index in [0.29, 0.717) is 0 Å². The summed E-state index contributed by atoms with van der Waals surface area (Å²) in [5, 5.41) is 7.51. The molecule has 4 nitrogen and oxygen atoms in total. The number of fused-ring (bicyclic) bond motifs is 9. The van der Waals surface area contributed by atoms with Gasteiger partial charge in [-0.2, -0.15) is 0 Å². The van der Waals surface area contributed by atoms with E-state index < -0.39 is 8.07 Å². The van der Waals surface area contributed by atoms with Gasteiger partial charge in [-0.15, -0.1) is 0 Å². The van der Waals surface area contributed by atoms with E-state index in [2.05, 4.69) is 168 Å². The maximum absolute atomic E-state index is 5.54. The highest BCUT2D eigenvalue weighted by Gasteiger charge is 2.42. The van der Waals surface area contributed by atoms with Crippen LogP contribution in [-0.2, 0) is 0 Å². The highest BCUT2D eigenvalue weighted by Crippen LogP contribution is 2.39. The molecule has 9 aromatic rings. The van der Waals surface area contributed by atoms with Crippen molar-refractivity contribution >= 4 is 62.2 Å². The normalized spacial score (nSPS) is 13.5. The minimum Gasteiger partial charge on any atom is -0.309 e. The number of benzene rings is 6. The Balaban J connectivity index is 1.30. The predicted octanol–water partition coefficient (Wildman–Crippen LogP) is 9.14. The SMILES string of the molecule is C[Si]1(C)c2ccccc2-c2c(-n3c4ccccc4c4ccccc43)nc(-c3ccc4c(c3)c3ccccc3n4-c3ccccc3)nc21. The maximum atomic E-state index is 5.54. The highest BCUT2D eigenvalue weighted by atomic mass is 28.3. The van der Waals surface area contributed by atoms with Crippen molar-refractivity contribution < 1.29 is 0 Å². The Morgan fingerprint density at radius 3 is 1.74 bits per heavy atom. The Hall–Kier alpha value is -5.78. The second kappa shape index (κ2) is 9.61. The van der Waals surface area contributed by atoms with E-state index in [4.69, 9.17) is 9.97 Å². The summed E-state index contributed by atoms with van der Waals surface area (Å²) >= 11 is 0. The molecule has 6 aromatic carbocycles. The summed E-state index contributed by atoms with van der Waals surface area (Å²) < 4.78 is 4.73. The molecule has 5 heteroatoms. The fraction of sp³-hybridized carbons (Fsp3) is 0.0476. The van der Waals surface area contributed by atoms with Gasteiger partial charge in [0.05, 0.1) is 22.1 Å². The Labute approximate surface area is 273 Å². The monoisotopic (exact) mass is 618 g/mol. The molecule has 0 bridgehead atoms. The molecular weight excluding hydrogens is 589 g/mol. The van der Waals surface area contributed by atoms with Crippen LogP contribution in [0.25, 0.3) is 77.6 Å². The molecule has 3 aromatic heterocycles. The zero-order valence-corrected chi connectivity index (χ0v) is 27.1. The van der Waals surface area contributed by atoms with Crippen LogP contribution in [0, 0.1) is 0 Å². The third-order valence-electron chi connectivity index (χ3n) is 10.1. The molecule has 0 N–H and O–H groups in total. The number of rotatable bonds is 3. The largest absolute Gasteiger partial charge is 0.309 e. The van der Waals surface area contributed by atoms with Crippen LogP contribution in [0.4, 0.5) is 0 Å². The molecule has 222 valence electrons. The lowest BCUT2D eigenvalue weighted by molar-refractivity contribution is 1.06. The van der Waals surface area contributed by atoms with Gasteiger partial charge < -0.3 is 4.57 Å². The lowest BCUT2D eigenvalue weighted by Gasteiger charge is -2.19. The van der Waals surface area contributed by atoms with E-state index in [1.165, 1.54) is 54.2 Å². The first-order valence-corrected chi connectivity index (χ1v) is 19.2. The molecule has 1 aliphatic heterocycles. The summed E-state index contributed by atoms with van der Waals surface area (Å²) in [4.78, 5) is 11.0. The van der Waals surface area contributed by atoms with Crippen molar-refractivity contribution in [2.45, 2.75) is 13.1 Å². The first-order valence-electron chi connectivity index (χ1n) is 16.2. The van der Waals surface area contributed by atoms with Crippen LogP contribution in [0.1, 0.15) is 0 Å². The molecule has 47 heavy (non-hydrogen) atoms. The van der Waals surface area contributed by atoms with Crippen LogP contribution < -0.4 is 10.5 Å². The zero-order valence-electron chi connectivity index (χ0n) is 26.1. The standard InChI is InChI=1S/C42H30N4Si/c1-47(2)38-23-13-9-19-32(38)39-41(46-35-21-11-6-16-29(35)30-17-7-12-22-36(30)46)43-40(44-42(39)47)27-24-25-37-33(26-27)31-18-8-10-20-34(31)45(37)28-14-4-3-5-15-28/h3-26H,1-2H3. The highest BCUT2D eigenvalue weighted by molar-refractivity contribution is 7.03. The van der Waals surface area contributed by atoms with Crippen molar-refractivity contribution in [3.05, 3.63) is 146 Å². The summed E-state index contributed by atoms with van der Waals surface area (Å²) in [6, 6.07) is 52.3. The Bertz CT molecular complexity index is 2660. The molecule has 0 saturated carbocycles. The van der Waals surface area contributed by atoms with E-state index in [0.717, 1.165) is 33.9 Å². The van der Waals surface area contributed by atoms with Crippen molar-refractivity contribution in [3.63, 3.8) is 0 Å². The van der Waals surface area contributed by atoms with Gasteiger partial charge in [-0.3, -0.25) is 4.57 Å². The van der Waals surface area contributed by atoms with Crippen molar-refractivity contribution in [1.82, 2.24) is 19.1 Å². The van der Waals surface area contributed by atoms with Crippen LogP contribution in [0.5, 0.6) is 0 Å². The average Bonchev–Trinajstić information content (AvgIpc) is 3.72. The number of hydrogen-bond donors (Lipinski definition) is 0. The molecule has 1 aliphatic rings. The molecule has 0 fully saturated rings. The van der Waals surface area contributed by atoms with Gasteiger partial charge in [0, 0.05) is 43.7 Å². The third kappa shape index (κ3) is 3.63. The van der Waals surface area contributed by atoms with Gasteiger partial charge >= 0.3 is 0 Å². The van der Waals surface area contributed by atoms with Gasteiger partial charge in [0.2, 0.25) is 0 Å². The van der Waals surface area contributed by atoms with E-state index in [1.807, 2.05) is 0 Å². The molecule has 0 spiro atoms. The van der Waals surface area contributed by atoms with Crippen LogP contribution in [0.15, 0.2) is 146 Å². The quantitative estimate of drug-likeness (QED) is 0.185. The fourth-order valence-corrected chi connectivity index (χ4v) is 10.8. The van der Waals surface area contributed by atoms with Crippen LogP contribution >= 0.6 is 0 Å². The summed E-state index contributed by atoms with van der Waals surface area (Å²) in [7, 11) is -2.13. The Morgan fingerprint density at radius 1 is 0.489 bits per heavy atom. The van der Waals surface area contributed by atoms with Gasteiger partial charge in [0.1, 0.15) is 13.9 Å². The summed E-state index contributed by atoms with van der Waals surface area (Å²) in [6.45, 7) is 4.86. The summed E-state index contributed by atoms with van der Waals surface area (Å²) in [5.41, 5.74) is 9.30. The van der Waals surface area contributed by atoms with Crippen LogP contribution in [0.3, 0.4) is 0 Å². The molecule has 4 heterocycles. The molecule has 0 amide bonds. The fourth-order valence-electron chi connectivity index (χ4n) is 7.93. The smallest absolute Gasteiger partial charge is 0.161 e. The van der Waals surface area contributed by atoms with E-state index in [1.54, 1.807) is 0 Å². The second-order valence-corrected chi connectivity index (χ2v) is 17.3. The van der Waals surface area contributed by atoms with Crippen LogP contribution in [-0.4, -0.2) is 27.2 Å². The van der Waals surface area contributed by atoms with Gasteiger partial charge in [0.25, 0.3) is 0 Å². The number of hydrogen-bond acceptors (Lipinski definition) is 2. The summed E-state index contributed by atoms with van der Waals surface area (Å²) in [6.07, 6.45) is 0. The van der Waals surface area contributed by atoms with Crippen molar-refractivity contribution in [2.75, 3.05) is 0 Å². The average molecular weight is 619 g/mol. The topological polar surface area (TPSA) is 35.6 Å². The van der Waals surface area contributed by atoms with Gasteiger partial charge in [-0.1, -0.05) is 110 Å². The van der Waals surface area contributed by atoms with E-state index in [9.17, 15) is 0 Å². The number of aromatic nitrogens is 4. The van der Waals surface area contributed by atoms with Gasteiger partial charge in [0.15, 0.2) is 5.82 Å². The van der Waals surface area contributed by atoms with Gasteiger partial charge in [-0.05, 0) is 59.3 Å². The van der Waals surface area contributed by atoms with Crippen molar-refractivity contribution in [3.8, 4) is 34.0 Å². The first-order chi connectivity index (χ1) is 23.1.